The highest BCUT2D eigenvalue weighted by atomic mass is 35.5. The van der Waals surface area contributed by atoms with Crippen LogP contribution in [0.15, 0.2) is 42.5 Å². The molecule has 2 N–H and O–H groups in total. The van der Waals surface area contributed by atoms with Crippen LogP contribution in [0.2, 0.25) is 5.02 Å². The lowest BCUT2D eigenvalue weighted by Gasteiger charge is -2.10. The van der Waals surface area contributed by atoms with Gasteiger partial charge in [-0.1, -0.05) is 29.3 Å². The molecule has 0 fully saturated rings. The van der Waals surface area contributed by atoms with Crippen LogP contribution in [0, 0.1) is 6.92 Å². The first-order valence-electron chi connectivity index (χ1n) is 7.71. The molecule has 136 valence electrons. The number of hydrazine groups is 1. The fourth-order valence-corrected chi connectivity index (χ4v) is 2.44. The maximum absolute atomic E-state index is 11.9. The van der Waals surface area contributed by atoms with Gasteiger partial charge in [-0.25, -0.2) is 0 Å². The number of aryl methyl sites for hydroxylation is 1. The van der Waals surface area contributed by atoms with E-state index in [0.717, 1.165) is 5.56 Å². The molecule has 0 heterocycles. The minimum atomic E-state index is -0.489. The Kier molecular flexibility index (Phi) is 6.63. The second-order valence-corrected chi connectivity index (χ2v) is 5.79. The van der Waals surface area contributed by atoms with Crippen LogP contribution < -0.4 is 20.3 Å². The number of rotatable bonds is 5. The number of hydrogen-bond acceptors (Lipinski definition) is 4. The van der Waals surface area contributed by atoms with Gasteiger partial charge in [0.15, 0.2) is 11.5 Å². The SMILES string of the molecule is COc1cc(/C=C/C(=O)NNC(=O)c2ccc(C)cc2)cc(Cl)c1OC. The Balaban J connectivity index is 1.98. The van der Waals surface area contributed by atoms with E-state index in [-0.39, 0.29) is 0 Å². The lowest BCUT2D eigenvalue weighted by Crippen LogP contribution is -2.40. The van der Waals surface area contributed by atoms with Crippen LogP contribution >= 0.6 is 11.6 Å². The van der Waals surface area contributed by atoms with E-state index in [1.54, 1.807) is 30.3 Å². The minimum absolute atomic E-state index is 0.361. The van der Waals surface area contributed by atoms with Crippen LogP contribution in [0.5, 0.6) is 11.5 Å². The Morgan fingerprint density at radius 1 is 1.04 bits per heavy atom. The van der Waals surface area contributed by atoms with Crippen LogP contribution in [0.3, 0.4) is 0 Å². The van der Waals surface area contributed by atoms with Crippen molar-refractivity contribution in [3.8, 4) is 11.5 Å². The molecule has 2 rings (SSSR count). The fourth-order valence-electron chi connectivity index (χ4n) is 2.14. The molecule has 6 nitrogen and oxygen atoms in total. The topological polar surface area (TPSA) is 76.7 Å². The molecule has 0 atom stereocenters. The van der Waals surface area contributed by atoms with Gasteiger partial charge in [0.2, 0.25) is 0 Å². The van der Waals surface area contributed by atoms with Gasteiger partial charge in [-0.05, 0) is 42.8 Å². The molecular formula is C19H19ClN2O4. The number of nitrogens with one attached hydrogen (secondary N) is 2. The number of carbonyl (C=O) groups is 2. The first-order chi connectivity index (χ1) is 12.4. The molecule has 0 unspecified atom stereocenters. The maximum Gasteiger partial charge on any atom is 0.269 e. The summed E-state index contributed by atoms with van der Waals surface area (Å²) >= 11 is 6.11. The molecule has 7 heteroatoms. The summed E-state index contributed by atoms with van der Waals surface area (Å²) in [6, 6.07) is 10.3. The van der Waals surface area contributed by atoms with Crippen molar-refractivity contribution < 1.29 is 19.1 Å². The zero-order valence-corrected chi connectivity index (χ0v) is 15.4. The van der Waals surface area contributed by atoms with Crippen molar-refractivity contribution in [2.24, 2.45) is 0 Å². The van der Waals surface area contributed by atoms with E-state index in [0.29, 0.717) is 27.6 Å². The van der Waals surface area contributed by atoms with E-state index in [1.807, 2.05) is 19.1 Å². The smallest absolute Gasteiger partial charge is 0.269 e. The standard InChI is InChI=1S/C19H19ClN2O4/c1-12-4-7-14(8-5-12)19(24)22-21-17(23)9-6-13-10-15(20)18(26-3)16(11-13)25-2/h4-11H,1-3H3,(H,21,23)(H,22,24)/b9-6+. The number of hydrogen-bond donors (Lipinski definition) is 2. The van der Waals surface area contributed by atoms with Crippen LogP contribution in [0.25, 0.3) is 6.08 Å². The highest BCUT2D eigenvalue weighted by Gasteiger charge is 2.10. The van der Waals surface area contributed by atoms with Crippen LogP contribution in [-0.4, -0.2) is 26.0 Å². The fraction of sp³-hybridized carbons (Fsp3) is 0.158. The summed E-state index contributed by atoms with van der Waals surface area (Å²) in [6.07, 6.45) is 2.81. The van der Waals surface area contributed by atoms with Crippen molar-refractivity contribution in [3.05, 3.63) is 64.2 Å². The molecule has 0 radical (unpaired) electrons. The summed E-state index contributed by atoms with van der Waals surface area (Å²) in [5.74, 6) is -0.0221. The summed E-state index contributed by atoms with van der Waals surface area (Å²) in [5, 5.41) is 0.361. The molecule has 0 aliphatic rings. The van der Waals surface area contributed by atoms with Crippen molar-refractivity contribution in [2.45, 2.75) is 6.92 Å². The third-order valence-electron chi connectivity index (χ3n) is 3.50. The number of carbonyl (C=O) groups excluding carboxylic acids is 2. The molecule has 0 bridgehead atoms. The van der Waals surface area contributed by atoms with E-state index in [4.69, 9.17) is 21.1 Å². The normalized spacial score (nSPS) is 10.5. The molecule has 26 heavy (non-hydrogen) atoms. The van der Waals surface area contributed by atoms with E-state index < -0.39 is 11.8 Å². The Hall–Kier alpha value is -2.99. The summed E-state index contributed by atoms with van der Waals surface area (Å²) in [5.41, 5.74) is 6.80. The molecule has 0 saturated heterocycles. The van der Waals surface area contributed by atoms with E-state index >= 15 is 0 Å². The number of amides is 2. The van der Waals surface area contributed by atoms with Gasteiger partial charge in [-0.15, -0.1) is 0 Å². The Morgan fingerprint density at radius 3 is 2.35 bits per heavy atom. The molecule has 2 amide bonds. The van der Waals surface area contributed by atoms with Gasteiger partial charge in [0, 0.05) is 11.6 Å². The highest BCUT2D eigenvalue weighted by Crippen LogP contribution is 2.36. The zero-order chi connectivity index (χ0) is 19.1. The predicted octanol–water partition coefficient (Wildman–Crippen LogP) is 3.14. The summed E-state index contributed by atoms with van der Waals surface area (Å²) in [7, 11) is 2.98. The van der Waals surface area contributed by atoms with E-state index in [1.165, 1.54) is 20.3 Å². The van der Waals surface area contributed by atoms with Crippen molar-refractivity contribution in [2.75, 3.05) is 14.2 Å². The van der Waals surface area contributed by atoms with Gasteiger partial charge in [-0.2, -0.15) is 0 Å². The van der Waals surface area contributed by atoms with Crippen LogP contribution in [-0.2, 0) is 4.79 Å². The van der Waals surface area contributed by atoms with Crippen molar-refractivity contribution in [3.63, 3.8) is 0 Å². The largest absolute Gasteiger partial charge is 0.493 e. The quantitative estimate of drug-likeness (QED) is 0.622. The molecule has 0 aromatic heterocycles. The summed E-state index contributed by atoms with van der Waals surface area (Å²) < 4.78 is 10.4. The lowest BCUT2D eigenvalue weighted by molar-refractivity contribution is -0.117. The third kappa shape index (κ3) is 5.00. The van der Waals surface area contributed by atoms with Gasteiger partial charge in [0.25, 0.3) is 11.8 Å². The first kappa shape index (κ1) is 19.3. The number of ether oxygens (including phenoxy) is 2. The Bertz CT molecular complexity index is 832. The summed E-state index contributed by atoms with van der Waals surface area (Å²) in [6.45, 7) is 1.93. The third-order valence-corrected chi connectivity index (χ3v) is 3.78. The Morgan fingerprint density at radius 2 is 1.73 bits per heavy atom. The van der Waals surface area contributed by atoms with Crippen LogP contribution in [0.4, 0.5) is 0 Å². The molecule has 2 aromatic rings. The van der Waals surface area contributed by atoms with Crippen molar-refractivity contribution >= 4 is 29.5 Å². The average Bonchev–Trinajstić information content (AvgIpc) is 2.64. The summed E-state index contributed by atoms with van der Waals surface area (Å²) in [4.78, 5) is 23.8. The second kappa shape index (κ2) is 8.92. The molecule has 0 saturated carbocycles. The van der Waals surface area contributed by atoms with Gasteiger partial charge < -0.3 is 9.47 Å². The second-order valence-electron chi connectivity index (χ2n) is 5.38. The molecule has 0 spiro atoms. The number of halogens is 1. The average molecular weight is 375 g/mol. The number of benzene rings is 2. The predicted molar refractivity (Wildman–Crippen MR) is 100 cm³/mol. The van der Waals surface area contributed by atoms with Gasteiger partial charge >= 0.3 is 0 Å². The molecule has 2 aromatic carbocycles. The lowest BCUT2D eigenvalue weighted by atomic mass is 10.1. The first-order valence-corrected chi connectivity index (χ1v) is 8.09. The minimum Gasteiger partial charge on any atom is -0.493 e. The van der Waals surface area contributed by atoms with E-state index in [9.17, 15) is 9.59 Å². The molecule has 0 aliphatic carbocycles. The maximum atomic E-state index is 11.9. The number of methoxy groups -OCH3 is 2. The van der Waals surface area contributed by atoms with Gasteiger partial charge in [-0.3, -0.25) is 20.4 Å². The molecular weight excluding hydrogens is 356 g/mol. The van der Waals surface area contributed by atoms with Crippen LogP contribution in [0.1, 0.15) is 21.5 Å². The highest BCUT2D eigenvalue weighted by molar-refractivity contribution is 6.32. The zero-order valence-electron chi connectivity index (χ0n) is 14.6. The monoisotopic (exact) mass is 374 g/mol. The van der Waals surface area contributed by atoms with Crippen molar-refractivity contribution in [1.82, 2.24) is 10.9 Å². The molecule has 0 aliphatic heterocycles. The van der Waals surface area contributed by atoms with Gasteiger partial charge in [0.05, 0.1) is 19.2 Å². The van der Waals surface area contributed by atoms with Gasteiger partial charge in [0.1, 0.15) is 0 Å². The van der Waals surface area contributed by atoms with E-state index in [2.05, 4.69) is 10.9 Å². The van der Waals surface area contributed by atoms with Crippen molar-refractivity contribution in [1.29, 1.82) is 0 Å². The Labute approximate surface area is 156 Å².